The molecule has 1 aromatic carbocycles. The summed E-state index contributed by atoms with van der Waals surface area (Å²) < 4.78 is 1.04. The highest BCUT2D eigenvalue weighted by Gasteiger charge is 2.22. The maximum absolute atomic E-state index is 12.6. The van der Waals surface area contributed by atoms with Crippen LogP contribution in [0.5, 0.6) is 0 Å². The minimum Gasteiger partial charge on any atom is -0.297 e. The van der Waals surface area contributed by atoms with E-state index in [1.165, 1.54) is 22.6 Å². The molecule has 1 aliphatic carbocycles. The van der Waals surface area contributed by atoms with Crippen LogP contribution in [-0.2, 0) is 12.8 Å². The van der Waals surface area contributed by atoms with Crippen LogP contribution in [0.3, 0.4) is 0 Å². The largest absolute Gasteiger partial charge is 0.297 e. The van der Waals surface area contributed by atoms with Gasteiger partial charge in [-0.1, -0.05) is 30.7 Å². The molecular formula is C18H17ClN2OS2. The molecule has 3 aromatic rings. The summed E-state index contributed by atoms with van der Waals surface area (Å²) in [5, 5.41) is 5.09. The van der Waals surface area contributed by atoms with Crippen LogP contribution >= 0.6 is 34.3 Å². The first-order valence-corrected chi connectivity index (χ1v) is 10.0. The molecule has 1 atom stereocenters. The van der Waals surface area contributed by atoms with Crippen molar-refractivity contribution < 1.29 is 4.79 Å². The molecule has 1 N–H and O–H groups in total. The number of rotatable bonds is 2. The van der Waals surface area contributed by atoms with Crippen molar-refractivity contribution in [3.8, 4) is 0 Å². The Morgan fingerprint density at radius 3 is 3.04 bits per heavy atom. The molecule has 1 unspecified atom stereocenters. The molecule has 0 fully saturated rings. The van der Waals surface area contributed by atoms with Gasteiger partial charge in [-0.2, -0.15) is 0 Å². The van der Waals surface area contributed by atoms with Gasteiger partial charge in [-0.15, -0.1) is 22.7 Å². The van der Waals surface area contributed by atoms with Gasteiger partial charge in [0.2, 0.25) is 0 Å². The van der Waals surface area contributed by atoms with Crippen LogP contribution in [0, 0.1) is 12.8 Å². The number of halogens is 1. The van der Waals surface area contributed by atoms with Gasteiger partial charge in [0.1, 0.15) is 4.88 Å². The molecule has 0 bridgehead atoms. The van der Waals surface area contributed by atoms with Gasteiger partial charge in [0.25, 0.3) is 5.91 Å². The van der Waals surface area contributed by atoms with Gasteiger partial charge >= 0.3 is 0 Å². The summed E-state index contributed by atoms with van der Waals surface area (Å²) in [5.41, 5.74) is 2.31. The van der Waals surface area contributed by atoms with Gasteiger partial charge in [-0.25, -0.2) is 4.98 Å². The molecule has 1 aliphatic rings. The number of thiophene rings is 1. The van der Waals surface area contributed by atoms with Gasteiger partial charge in [0, 0.05) is 15.0 Å². The summed E-state index contributed by atoms with van der Waals surface area (Å²) in [4.78, 5) is 19.1. The van der Waals surface area contributed by atoms with Gasteiger partial charge < -0.3 is 0 Å². The smallest absolute Gasteiger partial charge is 0.269 e. The third kappa shape index (κ3) is 2.85. The van der Waals surface area contributed by atoms with Gasteiger partial charge in [0.05, 0.1) is 10.7 Å². The standard InChI is InChI=1S/C18H17ClN2OS2/c1-9-4-6-13-12(7-9)20-18(24-13)21-17(22)16-15(19)11-5-3-10(2)8-14(11)23-16/h3,5,8-9H,4,6-7H2,1-2H3,(H,20,21,22). The molecule has 0 saturated heterocycles. The fourth-order valence-corrected chi connectivity index (χ4v) is 5.58. The molecule has 24 heavy (non-hydrogen) atoms. The average molecular weight is 377 g/mol. The Morgan fingerprint density at radius 2 is 2.21 bits per heavy atom. The number of fused-ring (bicyclic) bond motifs is 2. The van der Waals surface area contributed by atoms with E-state index in [2.05, 4.69) is 23.3 Å². The number of nitrogens with one attached hydrogen (secondary N) is 1. The maximum Gasteiger partial charge on any atom is 0.269 e. The van der Waals surface area contributed by atoms with Crippen LogP contribution in [0.2, 0.25) is 5.02 Å². The Kier molecular flexibility index (Phi) is 4.11. The summed E-state index contributed by atoms with van der Waals surface area (Å²) in [7, 11) is 0. The van der Waals surface area contributed by atoms with Crippen LogP contribution in [0.1, 0.15) is 39.2 Å². The first kappa shape index (κ1) is 16.1. The number of carbonyl (C=O) groups is 1. The molecule has 3 nitrogen and oxygen atoms in total. The van der Waals surface area contributed by atoms with Crippen LogP contribution in [0.25, 0.3) is 10.1 Å². The van der Waals surface area contributed by atoms with Gasteiger partial charge in [0.15, 0.2) is 5.13 Å². The van der Waals surface area contributed by atoms with E-state index in [4.69, 9.17) is 11.6 Å². The van der Waals surface area contributed by atoms with E-state index in [0.717, 1.165) is 34.2 Å². The summed E-state index contributed by atoms with van der Waals surface area (Å²) in [6.45, 7) is 4.29. The molecular weight excluding hydrogens is 360 g/mol. The van der Waals surface area contributed by atoms with Crippen LogP contribution in [0.4, 0.5) is 5.13 Å². The second-order valence-electron chi connectivity index (χ2n) is 6.44. The number of amides is 1. The molecule has 6 heteroatoms. The number of hydrogen-bond donors (Lipinski definition) is 1. The fourth-order valence-electron chi connectivity index (χ4n) is 3.07. The maximum atomic E-state index is 12.6. The van der Waals surface area contributed by atoms with Gasteiger partial charge in [-0.05, 0) is 43.7 Å². The normalized spacial score (nSPS) is 17.0. The summed E-state index contributed by atoms with van der Waals surface area (Å²) in [6, 6.07) is 6.05. The van der Waals surface area contributed by atoms with Crippen molar-refractivity contribution >= 4 is 55.4 Å². The zero-order chi connectivity index (χ0) is 16.8. The second kappa shape index (κ2) is 6.14. The van der Waals surface area contributed by atoms with Crippen LogP contribution in [-0.4, -0.2) is 10.9 Å². The zero-order valence-corrected chi connectivity index (χ0v) is 15.9. The van der Waals surface area contributed by atoms with E-state index in [0.29, 0.717) is 20.9 Å². The topological polar surface area (TPSA) is 42.0 Å². The number of aromatic nitrogens is 1. The quantitative estimate of drug-likeness (QED) is 0.623. The van der Waals surface area contributed by atoms with E-state index >= 15 is 0 Å². The number of benzene rings is 1. The highest BCUT2D eigenvalue weighted by molar-refractivity contribution is 7.22. The highest BCUT2D eigenvalue weighted by atomic mass is 35.5. The lowest BCUT2D eigenvalue weighted by atomic mass is 9.93. The SMILES string of the molecule is Cc1ccc2c(Cl)c(C(=O)Nc3nc4c(s3)CCC(C)C4)sc2c1. The highest BCUT2D eigenvalue weighted by Crippen LogP contribution is 2.37. The average Bonchev–Trinajstić information content (AvgIpc) is 3.07. The molecule has 124 valence electrons. The van der Waals surface area contributed by atoms with Crippen molar-refractivity contribution in [2.75, 3.05) is 5.32 Å². The first-order valence-electron chi connectivity index (χ1n) is 8.00. The Morgan fingerprint density at radius 1 is 1.38 bits per heavy atom. The Hall–Kier alpha value is -1.43. The second-order valence-corrected chi connectivity index (χ2v) is 8.95. The van der Waals surface area contributed by atoms with Crippen LogP contribution < -0.4 is 5.32 Å². The summed E-state index contributed by atoms with van der Waals surface area (Å²) >= 11 is 9.45. The van der Waals surface area contributed by atoms with Crippen molar-refractivity contribution in [3.63, 3.8) is 0 Å². The molecule has 2 heterocycles. The lowest BCUT2D eigenvalue weighted by molar-refractivity contribution is 0.103. The lowest BCUT2D eigenvalue weighted by Crippen LogP contribution is -2.11. The van der Waals surface area contributed by atoms with E-state index in [1.807, 2.05) is 19.1 Å². The Labute approximate surface area is 153 Å². The molecule has 0 spiro atoms. The van der Waals surface area contributed by atoms with E-state index in [-0.39, 0.29) is 5.91 Å². The number of carbonyl (C=O) groups excluding carboxylic acids is 1. The third-order valence-corrected chi connectivity index (χ3v) is 7.12. The van der Waals surface area contributed by atoms with Crippen molar-refractivity contribution in [2.24, 2.45) is 5.92 Å². The number of anilines is 1. The number of thiazole rings is 1. The third-order valence-electron chi connectivity index (χ3n) is 4.40. The predicted octanol–water partition coefficient (Wildman–Crippen LogP) is 5.70. The minimum atomic E-state index is -0.169. The first-order chi connectivity index (χ1) is 11.5. The summed E-state index contributed by atoms with van der Waals surface area (Å²) in [6.07, 6.45) is 3.27. The fraction of sp³-hybridized carbons (Fsp3) is 0.333. The summed E-state index contributed by atoms with van der Waals surface area (Å²) in [5.74, 6) is 0.501. The van der Waals surface area contributed by atoms with E-state index < -0.39 is 0 Å². The number of aryl methyl sites for hydroxylation is 2. The predicted molar refractivity (Wildman–Crippen MR) is 103 cm³/mol. The number of nitrogens with zero attached hydrogens (tertiary/aromatic N) is 1. The van der Waals surface area contributed by atoms with Crippen LogP contribution in [0.15, 0.2) is 18.2 Å². The molecule has 0 saturated carbocycles. The van der Waals surface area contributed by atoms with Crippen molar-refractivity contribution in [1.82, 2.24) is 4.98 Å². The molecule has 0 radical (unpaired) electrons. The zero-order valence-electron chi connectivity index (χ0n) is 13.5. The van der Waals surface area contributed by atoms with Crippen molar-refractivity contribution in [2.45, 2.75) is 33.1 Å². The molecule has 2 aromatic heterocycles. The van der Waals surface area contributed by atoms with Crippen molar-refractivity contribution in [1.29, 1.82) is 0 Å². The van der Waals surface area contributed by atoms with Crippen molar-refractivity contribution in [3.05, 3.63) is 44.2 Å². The number of hydrogen-bond acceptors (Lipinski definition) is 4. The monoisotopic (exact) mass is 376 g/mol. The molecule has 4 rings (SSSR count). The minimum absolute atomic E-state index is 0.169. The Bertz CT molecular complexity index is 944. The molecule has 0 aliphatic heterocycles. The van der Waals surface area contributed by atoms with Gasteiger partial charge in [-0.3, -0.25) is 10.1 Å². The van der Waals surface area contributed by atoms with E-state index in [9.17, 15) is 4.79 Å². The van der Waals surface area contributed by atoms with E-state index in [1.54, 1.807) is 11.3 Å². The molecule has 1 amide bonds. The Balaban J connectivity index is 1.62. The lowest BCUT2D eigenvalue weighted by Gasteiger charge is -2.15.